The Hall–Kier alpha value is -1.91. The van der Waals surface area contributed by atoms with Gasteiger partial charge in [-0.05, 0) is 43.4 Å². The SMILES string of the molecule is O=C(O)CC1CCCN1C(=O)C1(c2ccc(F)cc2)CC1. The molecule has 1 heterocycles. The van der Waals surface area contributed by atoms with Gasteiger partial charge in [-0.2, -0.15) is 0 Å². The van der Waals surface area contributed by atoms with Crippen molar-refractivity contribution >= 4 is 11.9 Å². The molecule has 0 spiro atoms. The highest BCUT2D eigenvalue weighted by Crippen LogP contribution is 2.50. The minimum absolute atomic E-state index is 0.00520. The standard InChI is InChI=1S/C16H18FNO3/c17-12-5-3-11(4-6-12)16(7-8-16)15(21)18-9-1-2-13(18)10-14(19)20/h3-6,13H,1-2,7-10H2,(H,19,20). The van der Waals surface area contributed by atoms with Crippen molar-refractivity contribution in [3.8, 4) is 0 Å². The largest absolute Gasteiger partial charge is 0.481 e. The van der Waals surface area contributed by atoms with Crippen LogP contribution in [0.5, 0.6) is 0 Å². The van der Waals surface area contributed by atoms with E-state index in [1.54, 1.807) is 17.0 Å². The van der Waals surface area contributed by atoms with Gasteiger partial charge >= 0.3 is 5.97 Å². The van der Waals surface area contributed by atoms with E-state index in [1.165, 1.54) is 12.1 Å². The normalized spacial score (nSPS) is 23.1. The van der Waals surface area contributed by atoms with Gasteiger partial charge in [0.1, 0.15) is 5.82 Å². The zero-order chi connectivity index (χ0) is 15.0. The highest BCUT2D eigenvalue weighted by atomic mass is 19.1. The third-order valence-electron chi connectivity index (χ3n) is 4.60. The van der Waals surface area contributed by atoms with Gasteiger partial charge in [0.2, 0.25) is 5.91 Å². The maximum Gasteiger partial charge on any atom is 0.305 e. The molecular formula is C16H18FNO3. The fraction of sp³-hybridized carbons (Fsp3) is 0.500. The van der Waals surface area contributed by atoms with E-state index in [-0.39, 0.29) is 24.2 Å². The molecule has 5 heteroatoms. The number of benzene rings is 1. The van der Waals surface area contributed by atoms with Crippen LogP contribution in [0.15, 0.2) is 24.3 Å². The Bertz CT molecular complexity index is 565. The lowest BCUT2D eigenvalue weighted by Gasteiger charge is -2.28. The number of nitrogens with zero attached hydrogens (tertiary/aromatic N) is 1. The van der Waals surface area contributed by atoms with Crippen LogP contribution in [0.25, 0.3) is 0 Å². The second kappa shape index (κ2) is 5.13. The Morgan fingerprint density at radius 1 is 1.29 bits per heavy atom. The summed E-state index contributed by atoms with van der Waals surface area (Å²) in [4.78, 5) is 25.5. The molecule has 0 radical (unpaired) electrons. The lowest BCUT2D eigenvalue weighted by Crippen LogP contribution is -2.43. The molecule has 2 aliphatic rings. The molecule has 2 fully saturated rings. The van der Waals surface area contributed by atoms with E-state index in [1.807, 2.05) is 0 Å². The first-order valence-corrected chi connectivity index (χ1v) is 7.32. The Morgan fingerprint density at radius 2 is 1.95 bits per heavy atom. The molecule has 112 valence electrons. The summed E-state index contributed by atoms with van der Waals surface area (Å²) in [6, 6.07) is 5.89. The number of aliphatic carboxylic acids is 1. The van der Waals surface area contributed by atoms with E-state index in [0.29, 0.717) is 6.54 Å². The van der Waals surface area contributed by atoms with Crippen molar-refractivity contribution in [1.82, 2.24) is 4.90 Å². The van der Waals surface area contributed by atoms with Crippen LogP contribution in [0.4, 0.5) is 4.39 Å². The van der Waals surface area contributed by atoms with Crippen molar-refractivity contribution in [3.05, 3.63) is 35.6 Å². The topological polar surface area (TPSA) is 57.6 Å². The third kappa shape index (κ3) is 2.52. The number of halogens is 1. The zero-order valence-electron chi connectivity index (χ0n) is 11.7. The number of rotatable bonds is 4. The van der Waals surface area contributed by atoms with Crippen LogP contribution in [0.2, 0.25) is 0 Å². The second-order valence-electron chi connectivity index (χ2n) is 5.98. The summed E-state index contributed by atoms with van der Waals surface area (Å²) in [6.45, 7) is 0.625. The molecule has 1 saturated heterocycles. The lowest BCUT2D eigenvalue weighted by atomic mass is 9.93. The van der Waals surface area contributed by atoms with E-state index >= 15 is 0 Å². The summed E-state index contributed by atoms with van der Waals surface area (Å²) in [7, 11) is 0. The lowest BCUT2D eigenvalue weighted by molar-refractivity contribution is -0.140. The molecule has 4 nitrogen and oxygen atoms in total. The zero-order valence-corrected chi connectivity index (χ0v) is 11.7. The molecule has 1 aromatic rings. The number of hydrogen-bond donors (Lipinski definition) is 1. The first-order valence-electron chi connectivity index (χ1n) is 7.32. The quantitative estimate of drug-likeness (QED) is 0.926. The molecule has 1 aliphatic heterocycles. The fourth-order valence-corrected chi connectivity index (χ4v) is 3.31. The van der Waals surface area contributed by atoms with Crippen LogP contribution in [0, 0.1) is 5.82 Å². The molecule has 1 amide bonds. The summed E-state index contributed by atoms with van der Waals surface area (Å²) >= 11 is 0. The molecule has 3 rings (SSSR count). The highest BCUT2D eigenvalue weighted by Gasteiger charge is 2.54. The molecule has 1 N–H and O–H groups in total. The van der Waals surface area contributed by atoms with Crippen LogP contribution >= 0.6 is 0 Å². The van der Waals surface area contributed by atoms with E-state index < -0.39 is 11.4 Å². The molecule has 1 saturated carbocycles. The summed E-state index contributed by atoms with van der Waals surface area (Å²) in [5.41, 5.74) is 0.296. The molecule has 1 aromatic carbocycles. The molecule has 1 unspecified atom stereocenters. The van der Waals surface area contributed by atoms with Crippen molar-refractivity contribution in [2.75, 3.05) is 6.54 Å². The monoisotopic (exact) mass is 291 g/mol. The summed E-state index contributed by atoms with van der Waals surface area (Å²) in [6.07, 6.45) is 3.12. The van der Waals surface area contributed by atoms with Crippen molar-refractivity contribution in [1.29, 1.82) is 0 Å². The van der Waals surface area contributed by atoms with E-state index in [0.717, 1.165) is 31.2 Å². The van der Waals surface area contributed by atoms with Crippen molar-refractivity contribution in [2.45, 2.75) is 43.6 Å². The number of hydrogen-bond acceptors (Lipinski definition) is 2. The van der Waals surface area contributed by atoms with E-state index in [2.05, 4.69) is 0 Å². The third-order valence-corrected chi connectivity index (χ3v) is 4.60. The van der Waals surface area contributed by atoms with Gasteiger partial charge in [0.05, 0.1) is 11.8 Å². The first kappa shape index (κ1) is 14.0. The van der Waals surface area contributed by atoms with Gasteiger partial charge < -0.3 is 10.0 Å². The number of carbonyl (C=O) groups is 2. The highest BCUT2D eigenvalue weighted by molar-refractivity contribution is 5.92. The van der Waals surface area contributed by atoms with Gasteiger partial charge in [-0.3, -0.25) is 9.59 Å². The maximum atomic E-state index is 13.0. The number of carboxylic acid groups (broad SMARTS) is 1. The first-order chi connectivity index (χ1) is 10.0. The molecule has 1 atom stereocenters. The van der Waals surface area contributed by atoms with Crippen molar-refractivity contribution in [3.63, 3.8) is 0 Å². The summed E-state index contributed by atoms with van der Waals surface area (Å²) < 4.78 is 13.0. The molecule has 21 heavy (non-hydrogen) atoms. The van der Waals surface area contributed by atoms with Crippen molar-refractivity contribution < 1.29 is 19.1 Å². The smallest absolute Gasteiger partial charge is 0.305 e. The average Bonchev–Trinajstić information content (AvgIpc) is 3.13. The van der Waals surface area contributed by atoms with Crippen LogP contribution in [-0.4, -0.2) is 34.5 Å². The maximum absolute atomic E-state index is 13.0. The van der Waals surface area contributed by atoms with Crippen LogP contribution in [-0.2, 0) is 15.0 Å². The van der Waals surface area contributed by atoms with Gasteiger partial charge in [0, 0.05) is 12.6 Å². The van der Waals surface area contributed by atoms with Gasteiger partial charge in [-0.1, -0.05) is 12.1 Å². The molecular weight excluding hydrogens is 273 g/mol. The number of amides is 1. The molecule has 0 aromatic heterocycles. The number of likely N-dealkylation sites (tertiary alicyclic amines) is 1. The summed E-state index contributed by atoms with van der Waals surface area (Å²) in [5, 5.41) is 8.96. The summed E-state index contributed by atoms with van der Waals surface area (Å²) in [5.74, 6) is -1.17. The Morgan fingerprint density at radius 3 is 2.52 bits per heavy atom. The minimum Gasteiger partial charge on any atom is -0.481 e. The second-order valence-corrected chi connectivity index (χ2v) is 5.98. The van der Waals surface area contributed by atoms with E-state index in [9.17, 15) is 14.0 Å². The predicted molar refractivity (Wildman–Crippen MR) is 74.3 cm³/mol. The van der Waals surface area contributed by atoms with Gasteiger partial charge in [-0.15, -0.1) is 0 Å². The molecule has 1 aliphatic carbocycles. The minimum atomic E-state index is -0.869. The van der Waals surface area contributed by atoms with E-state index in [4.69, 9.17) is 5.11 Å². The van der Waals surface area contributed by atoms with Gasteiger partial charge in [0.15, 0.2) is 0 Å². The van der Waals surface area contributed by atoms with Crippen LogP contribution < -0.4 is 0 Å². The average molecular weight is 291 g/mol. The molecule has 0 bridgehead atoms. The Balaban J connectivity index is 1.81. The number of carboxylic acids is 1. The Labute approximate surface area is 122 Å². The predicted octanol–water partition coefficient (Wildman–Crippen LogP) is 2.32. The fourth-order valence-electron chi connectivity index (χ4n) is 3.31. The Kier molecular flexibility index (Phi) is 3.43. The number of carbonyl (C=O) groups excluding carboxylic acids is 1. The van der Waals surface area contributed by atoms with Crippen molar-refractivity contribution in [2.24, 2.45) is 0 Å². The van der Waals surface area contributed by atoms with Crippen LogP contribution in [0.1, 0.15) is 37.7 Å². The van der Waals surface area contributed by atoms with Gasteiger partial charge in [-0.25, -0.2) is 4.39 Å². The van der Waals surface area contributed by atoms with Gasteiger partial charge in [0.25, 0.3) is 0 Å². The van der Waals surface area contributed by atoms with Crippen LogP contribution in [0.3, 0.4) is 0 Å².